The number of benzene rings is 1. The second-order valence-corrected chi connectivity index (χ2v) is 4.05. The number of hydrogen-bond acceptors (Lipinski definition) is 3. The number of nitrogens with one attached hydrogen (secondary N) is 1. The fraction of sp³-hybridized carbons (Fsp3) is 0.333. The third kappa shape index (κ3) is 3.61. The van der Waals surface area contributed by atoms with Gasteiger partial charge in [0.05, 0.1) is 5.03 Å². The fourth-order valence-electron chi connectivity index (χ4n) is 1.57. The Morgan fingerprint density at radius 1 is 1.47 bits per heavy atom. The highest BCUT2D eigenvalue weighted by atomic mass is 32.1. The van der Waals surface area contributed by atoms with Crippen LogP contribution in [0.2, 0.25) is 0 Å². The van der Waals surface area contributed by atoms with Gasteiger partial charge in [0.25, 0.3) is 0 Å². The molecule has 1 rings (SSSR count). The molecule has 0 bridgehead atoms. The van der Waals surface area contributed by atoms with Crippen LogP contribution < -0.4 is 11.1 Å². The molecule has 0 saturated heterocycles. The first-order chi connectivity index (χ1) is 7.17. The Bertz CT molecular complexity index is 347. The van der Waals surface area contributed by atoms with Gasteiger partial charge in [-0.2, -0.15) is 0 Å². The Hall–Kier alpha value is -0.930. The molecule has 0 fully saturated rings. The minimum absolute atomic E-state index is 0.573. The number of aryl methyl sites for hydroxylation is 1. The van der Waals surface area contributed by atoms with Crippen molar-refractivity contribution in [2.24, 2.45) is 5.73 Å². The first kappa shape index (κ1) is 12.1. The van der Waals surface area contributed by atoms with Gasteiger partial charge in [-0.3, -0.25) is 0 Å². The molecule has 15 heavy (non-hydrogen) atoms. The maximum absolute atomic E-state index is 5.71. The van der Waals surface area contributed by atoms with E-state index in [0.29, 0.717) is 11.6 Å². The van der Waals surface area contributed by atoms with Crippen LogP contribution in [0.15, 0.2) is 29.8 Å². The van der Waals surface area contributed by atoms with E-state index in [4.69, 9.17) is 5.73 Å². The lowest BCUT2D eigenvalue weighted by molar-refractivity contribution is 0.893. The number of rotatable bonds is 5. The number of hydrogen-bond donors (Lipinski definition) is 3. The van der Waals surface area contributed by atoms with Crippen LogP contribution in [0.5, 0.6) is 0 Å². The average molecular weight is 222 g/mol. The summed E-state index contributed by atoms with van der Waals surface area (Å²) in [4.78, 5) is 0. The van der Waals surface area contributed by atoms with Gasteiger partial charge >= 0.3 is 0 Å². The maximum Gasteiger partial charge on any atom is 0.0621 e. The van der Waals surface area contributed by atoms with Gasteiger partial charge in [0.1, 0.15) is 0 Å². The van der Waals surface area contributed by atoms with Gasteiger partial charge in [-0.25, -0.2) is 0 Å². The molecule has 0 heterocycles. The van der Waals surface area contributed by atoms with E-state index in [0.717, 1.165) is 18.5 Å². The van der Waals surface area contributed by atoms with E-state index in [2.05, 4.69) is 43.6 Å². The maximum atomic E-state index is 5.71. The van der Waals surface area contributed by atoms with Crippen LogP contribution >= 0.6 is 12.6 Å². The fourth-order valence-corrected chi connectivity index (χ4v) is 1.70. The topological polar surface area (TPSA) is 38.0 Å². The summed E-state index contributed by atoms with van der Waals surface area (Å²) >= 11 is 4.10. The molecule has 0 aliphatic carbocycles. The molecule has 1 aromatic rings. The van der Waals surface area contributed by atoms with E-state index in [-0.39, 0.29) is 0 Å². The average Bonchev–Trinajstić information content (AvgIpc) is 2.20. The van der Waals surface area contributed by atoms with Gasteiger partial charge in [-0.15, -0.1) is 12.6 Å². The molecule has 0 amide bonds. The van der Waals surface area contributed by atoms with Gasteiger partial charge in [0.2, 0.25) is 0 Å². The molecule has 1 aromatic carbocycles. The van der Waals surface area contributed by atoms with Crippen molar-refractivity contribution in [1.29, 1.82) is 0 Å². The lowest BCUT2D eigenvalue weighted by Gasteiger charge is -2.10. The summed E-state index contributed by atoms with van der Waals surface area (Å²) in [6.45, 7) is 6.43. The minimum atomic E-state index is 0.573. The third-order valence-electron chi connectivity index (χ3n) is 2.23. The number of thiol groups is 1. The molecule has 3 heteroatoms. The minimum Gasteiger partial charge on any atom is -0.351 e. The molecule has 0 saturated carbocycles. The van der Waals surface area contributed by atoms with Gasteiger partial charge < -0.3 is 11.1 Å². The lowest BCUT2D eigenvalue weighted by Crippen LogP contribution is -2.03. The second kappa shape index (κ2) is 5.83. The van der Waals surface area contributed by atoms with E-state index in [9.17, 15) is 0 Å². The van der Waals surface area contributed by atoms with E-state index < -0.39 is 0 Å². The summed E-state index contributed by atoms with van der Waals surface area (Å²) in [5.41, 5.74) is 9.23. The monoisotopic (exact) mass is 222 g/mol. The largest absolute Gasteiger partial charge is 0.351 e. The Kier molecular flexibility index (Phi) is 4.72. The van der Waals surface area contributed by atoms with E-state index in [1.807, 2.05) is 6.07 Å². The highest BCUT2D eigenvalue weighted by Crippen LogP contribution is 2.18. The summed E-state index contributed by atoms with van der Waals surface area (Å²) < 4.78 is 0. The molecule has 0 unspecified atom stereocenters. The normalized spacial score (nSPS) is 10.1. The molecule has 3 N–H and O–H groups in total. The molecular formula is C12H18N2S. The SMILES string of the molecule is C=C(S)Nc1ccc(CCC)c(CN)c1. The summed E-state index contributed by atoms with van der Waals surface area (Å²) in [6.07, 6.45) is 2.22. The quantitative estimate of drug-likeness (QED) is 0.670. The Balaban J connectivity index is 2.91. The van der Waals surface area contributed by atoms with Crippen molar-refractivity contribution in [1.82, 2.24) is 0 Å². The van der Waals surface area contributed by atoms with Crippen molar-refractivity contribution < 1.29 is 0 Å². The Morgan fingerprint density at radius 3 is 2.73 bits per heavy atom. The first-order valence-corrected chi connectivity index (χ1v) is 5.58. The van der Waals surface area contributed by atoms with Crippen molar-refractivity contribution in [2.45, 2.75) is 26.3 Å². The van der Waals surface area contributed by atoms with Crippen molar-refractivity contribution in [3.05, 3.63) is 40.9 Å². The molecule has 2 nitrogen and oxygen atoms in total. The molecule has 82 valence electrons. The smallest absolute Gasteiger partial charge is 0.0621 e. The zero-order chi connectivity index (χ0) is 11.3. The summed E-state index contributed by atoms with van der Waals surface area (Å²) in [7, 11) is 0. The standard InChI is InChI=1S/C12H18N2S/c1-3-4-10-5-6-12(14-9(2)15)7-11(10)8-13/h5-7,14-15H,2-4,8,13H2,1H3. The van der Waals surface area contributed by atoms with Crippen LogP contribution in [0.1, 0.15) is 24.5 Å². The van der Waals surface area contributed by atoms with Crippen molar-refractivity contribution in [2.75, 3.05) is 5.32 Å². The highest BCUT2D eigenvalue weighted by molar-refractivity contribution is 7.84. The zero-order valence-electron chi connectivity index (χ0n) is 9.09. The van der Waals surface area contributed by atoms with Crippen molar-refractivity contribution in [3.8, 4) is 0 Å². The van der Waals surface area contributed by atoms with Crippen LogP contribution in [0.25, 0.3) is 0 Å². The predicted octanol–water partition coefficient (Wildman–Crippen LogP) is 2.91. The van der Waals surface area contributed by atoms with Gasteiger partial charge in [-0.05, 0) is 29.7 Å². The molecule has 0 aromatic heterocycles. The third-order valence-corrected chi connectivity index (χ3v) is 2.35. The van der Waals surface area contributed by atoms with Crippen LogP contribution in [0.4, 0.5) is 5.69 Å². The van der Waals surface area contributed by atoms with E-state index in [1.54, 1.807) is 0 Å². The van der Waals surface area contributed by atoms with Crippen LogP contribution in [-0.4, -0.2) is 0 Å². The highest BCUT2D eigenvalue weighted by Gasteiger charge is 2.01. The van der Waals surface area contributed by atoms with Gasteiger partial charge in [0, 0.05) is 12.2 Å². The lowest BCUT2D eigenvalue weighted by atomic mass is 10.0. The molecule has 0 radical (unpaired) electrons. The summed E-state index contributed by atoms with van der Waals surface area (Å²) in [5.74, 6) is 0. The molecular weight excluding hydrogens is 204 g/mol. The summed E-state index contributed by atoms with van der Waals surface area (Å²) in [5, 5.41) is 3.70. The van der Waals surface area contributed by atoms with Gasteiger partial charge in [0.15, 0.2) is 0 Å². The number of anilines is 1. The van der Waals surface area contributed by atoms with Crippen molar-refractivity contribution in [3.63, 3.8) is 0 Å². The summed E-state index contributed by atoms with van der Waals surface area (Å²) in [6, 6.07) is 6.21. The molecule has 0 aliphatic heterocycles. The Labute approximate surface area is 97.0 Å². The second-order valence-electron chi connectivity index (χ2n) is 3.51. The zero-order valence-corrected chi connectivity index (χ0v) is 9.98. The molecule has 0 spiro atoms. The van der Waals surface area contributed by atoms with Crippen LogP contribution in [-0.2, 0) is 13.0 Å². The first-order valence-electron chi connectivity index (χ1n) is 5.14. The molecule has 0 atom stereocenters. The predicted molar refractivity (Wildman–Crippen MR) is 70.1 cm³/mol. The van der Waals surface area contributed by atoms with E-state index in [1.165, 1.54) is 11.1 Å². The van der Waals surface area contributed by atoms with Gasteiger partial charge in [-0.1, -0.05) is 26.0 Å². The van der Waals surface area contributed by atoms with Crippen molar-refractivity contribution >= 4 is 18.3 Å². The van der Waals surface area contributed by atoms with Crippen LogP contribution in [0, 0.1) is 0 Å². The van der Waals surface area contributed by atoms with Crippen LogP contribution in [0.3, 0.4) is 0 Å². The molecule has 0 aliphatic rings. The number of nitrogens with two attached hydrogens (primary N) is 1. The Morgan fingerprint density at radius 2 is 2.20 bits per heavy atom. The van der Waals surface area contributed by atoms with E-state index >= 15 is 0 Å².